The molecular weight excluding hydrogens is 378 g/mol. The van der Waals surface area contributed by atoms with Gasteiger partial charge in [-0.1, -0.05) is 18.2 Å². The number of rotatable bonds is 4. The Hall–Kier alpha value is -2.76. The fourth-order valence-corrected chi connectivity index (χ4v) is 5.10. The summed E-state index contributed by atoms with van der Waals surface area (Å²) in [6, 6.07) is 9.93. The molecule has 0 saturated carbocycles. The molecule has 160 valence electrons. The van der Waals surface area contributed by atoms with Crippen molar-refractivity contribution >= 4 is 11.8 Å². The fraction of sp³-hybridized carbons (Fsp3) is 0.500. The average molecular weight is 410 g/mol. The Morgan fingerprint density at radius 2 is 1.97 bits per heavy atom. The Labute approximate surface area is 178 Å². The molecule has 1 aromatic carbocycles. The zero-order chi connectivity index (χ0) is 21.3. The number of likely N-dealkylation sites (tertiary alicyclic amines) is 2. The molecule has 0 aliphatic carbocycles. The van der Waals surface area contributed by atoms with Crippen LogP contribution < -0.4 is 4.74 Å². The number of hydrogen-bond donors (Lipinski definition) is 1. The number of benzene rings is 1. The van der Waals surface area contributed by atoms with Gasteiger partial charge in [-0.3, -0.25) is 9.59 Å². The van der Waals surface area contributed by atoms with Crippen molar-refractivity contribution in [1.82, 2.24) is 14.8 Å². The van der Waals surface area contributed by atoms with Crippen LogP contribution in [0.1, 0.15) is 46.6 Å². The smallest absolute Gasteiger partial charge is 0.270 e. The van der Waals surface area contributed by atoms with E-state index in [2.05, 4.69) is 9.88 Å². The summed E-state index contributed by atoms with van der Waals surface area (Å²) in [5.74, 6) is 1.34. The number of piperidine rings is 2. The second kappa shape index (κ2) is 8.54. The number of methoxy groups -OCH3 is 1. The van der Waals surface area contributed by atoms with E-state index in [0.29, 0.717) is 24.6 Å². The van der Waals surface area contributed by atoms with E-state index in [1.165, 1.54) is 0 Å². The van der Waals surface area contributed by atoms with Gasteiger partial charge in [0.05, 0.1) is 13.5 Å². The third kappa shape index (κ3) is 3.95. The Morgan fingerprint density at radius 3 is 2.70 bits per heavy atom. The van der Waals surface area contributed by atoms with Crippen LogP contribution in [0, 0.1) is 19.8 Å². The number of aryl methyl sites for hydroxylation is 2. The minimum absolute atomic E-state index is 0.101. The summed E-state index contributed by atoms with van der Waals surface area (Å²) in [7, 11) is 1.63. The van der Waals surface area contributed by atoms with E-state index in [1.54, 1.807) is 7.11 Å². The SMILES string of the molecule is COc1ccccc1CC(=O)N1CC[C@@H]2[C@H](CCCN2C(=O)c2[nH]c(C)cc2C)C1. The Bertz CT molecular complexity index is 936. The van der Waals surface area contributed by atoms with Crippen LogP contribution in [0.3, 0.4) is 0 Å². The van der Waals surface area contributed by atoms with Crippen molar-refractivity contribution in [3.8, 4) is 5.75 Å². The average Bonchev–Trinajstić information content (AvgIpc) is 3.10. The molecule has 2 saturated heterocycles. The summed E-state index contributed by atoms with van der Waals surface area (Å²) in [6.45, 7) is 6.19. The highest BCUT2D eigenvalue weighted by molar-refractivity contribution is 5.94. The maximum atomic E-state index is 13.2. The van der Waals surface area contributed by atoms with Crippen LogP contribution in [0.4, 0.5) is 0 Å². The summed E-state index contributed by atoms with van der Waals surface area (Å²) in [6.07, 6.45) is 3.24. The summed E-state index contributed by atoms with van der Waals surface area (Å²) >= 11 is 0. The largest absolute Gasteiger partial charge is 0.496 e. The van der Waals surface area contributed by atoms with Crippen molar-refractivity contribution in [2.45, 2.75) is 45.6 Å². The lowest BCUT2D eigenvalue weighted by atomic mass is 9.83. The molecule has 6 heteroatoms. The van der Waals surface area contributed by atoms with Gasteiger partial charge in [0, 0.05) is 36.9 Å². The lowest BCUT2D eigenvalue weighted by Gasteiger charge is -2.47. The molecule has 0 radical (unpaired) electrons. The van der Waals surface area contributed by atoms with Crippen LogP contribution in [0.25, 0.3) is 0 Å². The number of ether oxygens (including phenoxy) is 1. The maximum Gasteiger partial charge on any atom is 0.270 e. The van der Waals surface area contributed by atoms with E-state index in [0.717, 1.165) is 54.9 Å². The number of H-pyrrole nitrogens is 1. The molecule has 1 aromatic heterocycles. The normalized spacial score (nSPS) is 21.3. The van der Waals surface area contributed by atoms with Gasteiger partial charge in [0.25, 0.3) is 5.91 Å². The van der Waals surface area contributed by atoms with Crippen molar-refractivity contribution in [1.29, 1.82) is 0 Å². The Balaban J connectivity index is 1.43. The lowest BCUT2D eigenvalue weighted by molar-refractivity contribution is -0.133. The van der Waals surface area contributed by atoms with E-state index in [1.807, 2.05) is 49.1 Å². The van der Waals surface area contributed by atoms with Crippen molar-refractivity contribution in [2.24, 2.45) is 5.92 Å². The fourth-order valence-electron chi connectivity index (χ4n) is 5.10. The van der Waals surface area contributed by atoms with E-state index in [4.69, 9.17) is 4.74 Å². The molecule has 0 spiro atoms. The van der Waals surface area contributed by atoms with E-state index in [9.17, 15) is 9.59 Å². The van der Waals surface area contributed by atoms with Crippen LogP contribution >= 0.6 is 0 Å². The Morgan fingerprint density at radius 1 is 1.17 bits per heavy atom. The summed E-state index contributed by atoms with van der Waals surface area (Å²) in [5, 5.41) is 0. The first-order chi connectivity index (χ1) is 14.5. The van der Waals surface area contributed by atoms with Crippen LogP contribution in [0.2, 0.25) is 0 Å². The van der Waals surface area contributed by atoms with Crippen molar-refractivity contribution < 1.29 is 14.3 Å². The number of nitrogens with zero attached hydrogens (tertiary/aromatic N) is 2. The van der Waals surface area contributed by atoms with Crippen molar-refractivity contribution in [3.63, 3.8) is 0 Å². The highest BCUT2D eigenvalue weighted by Gasteiger charge is 2.40. The predicted octanol–water partition coefficient (Wildman–Crippen LogP) is 3.34. The van der Waals surface area contributed by atoms with Crippen molar-refractivity contribution in [3.05, 3.63) is 52.8 Å². The van der Waals surface area contributed by atoms with E-state index >= 15 is 0 Å². The minimum atomic E-state index is 0.101. The summed E-state index contributed by atoms with van der Waals surface area (Å²) < 4.78 is 5.40. The van der Waals surface area contributed by atoms with Gasteiger partial charge in [-0.25, -0.2) is 0 Å². The zero-order valence-corrected chi connectivity index (χ0v) is 18.1. The van der Waals surface area contributed by atoms with E-state index in [-0.39, 0.29) is 17.9 Å². The Kier molecular flexibility index (Phi) is 5.84. The molecule has 2 fully saturated rings. The number of aromatic amines is 1. The third-order valence-corrected chi connectivity index (χ3v) is 6.58. The van der Waals surface area contributed by atoms with Gasteiger partial charge >= 0.3 is 0 Å². The minimum Gasteiger partial charge on any atom is -0.496 e. The van der Waals surface area contributed by atoms with Gasteiger partial charge < -0.3 is 19.5 Å². The number of aromatic nitrogens is 1. The quantitative estimate of drug-likeness (QED) is 0.842. The molecule has 2 aliphatic heterocycles. The molecule has 0 unspecified atom stereocenters. The first kappa shape index (κ1) is 20.5. The number of para-hydroxylation sites is 1. The number of carbonyl (C=O) groups excluding carboxylic acids is 2. The van der Waals surface area contributed by atoms with Gasteiger partial charge in [-0.15, -0.1) is 0 Å². The maximum absolute atomic E-state index is 13.2. The van der Waals surface area contributed by atoms with Gasteiger partial charge in [0.1, 0.15) is 11.4 Å². The molecule has 30 heavy (non-hydrogen) atoms. The molecule has 6 nitrogen and oxygen atoms in total. The van der Waals surface area contributed by atoms with Gasteiger partial charge in [-0.2, -0.15) is 0 Å². The molecule has 0 bridgehead atoms. The predicted molar refractivity (Wildman–Crippen MR) is 116 cm³/mol. The number of carbonyl (C=O) groups is 2. The highest BCUT2D eigenvalue weighted by Crippen LogP contribution is 2.32. The molecule has 2 atom stereocenters. The first-order valence-electron chi connectivity index (χ1n) is 10.8. The number of nitrogens with one attached hydrogen (secondary N) is 1. The number of amides is 2. The third-order valence-electron chi connectivity index (χ3n) is 6.58. The molecule has 2 amide bonds. The lowest BCUT2D eigenvalue weighted by Crippen LogP contribution is -2.57. The monoisotopic (exact) mass is 409 g/mol. The molecule has 4 rings (SSSR count). The van der Waals surface area contributed by atoms with Crippen LogP contribution in [0.5, 0.6) is 5.75 Å². The molecular formula is C24H31N3O3. The van der Waals surface area contributed by atoms with Crippen LogP contribution in [0.15, 0.2) is 30.3 Å². The summed E-state index contributed by atoms with van der Waals surface area (Å²) in [5.41, 5.74) is 3.65. The molecule has 2 aliphatic rings. The number of hydrogen-bond acceptors (Lipinski definition) is 3. The summed E-state index contributed by atoms with van der Waals surface area (Å²) in [4.78, 5) is 33.5. The number of fused-ring (bicyclic) bond motifs is 1. The standard InChI is InChI=1S/C24H31N3O3/c1-16-13-17(2)25-23(16)24(29)27-11-6-8-19-15-26(12-10-20(19)27)22(28)14-18-7-4-5-9-21(18)30-3/h4-5,7,9,13,19-20,25H,6,8,10-12,14-15H2,1-3H3/t19-,20-/m1/s1. The second-order valence-corrected chi connectivity index (χ2v) is 8.60. The van der Waals surface area contributed by atoms with Crippen LogP contribution in [-0.4, -0.2) is 59.4 Å². The van der Waals surface area contributed by atoms with Gasteiger partial charge in [-0.05, 0) is 56.7 Å². The van der Waals surface area contributed by atoms with Gasteiger partial charge in [0.2, 0.25) is 5.91 Å². The van der Waals surface area contributed by atoms with E-state index < -0.39 is 0 Å². The zero-order valence-electron chi connectivity index (χ0n) is 18.1. The molecule has 3 heterocycles. The second-order valence-electron chi connectivity index (χ2n) is 8.60. The van der Waals surface area contributed by atoms with Gasteiger partial charge in [0.15, 0.2) is 0 Å². The van der Waals surface area contributed by atoms with Crippen LogP contribution in [-0.2, 0) is 11.2 Å². The topological polar surface area (TPSA) is 65.6 Å². The molecule has 2 aromatic rings. The highest BCUT2D eigenvalue weighted by atomic mass is 16.5. The molecule has 1 N–H and O–H groups in total. The first-order valence-corrected chi connectivity index (χ1v) is 10.8. The van der Waals surface area contributed by atoms with Crippen molar-refractivity contribution in [2.75, 3.05) is 26.7 Å².